The van der Waals surface area contributed by atoms with Gasteiger partial charge in [-0.3, -0.25) is 4.79 Å². The third-order valence-corrected chi connectivity index (χ3v) is 6.96. The lowest BCUT2D eigenvalue weighted by atomic mass is 9.80. The van der Waals surface area contributed by atoms with Crippen molar-refractivity contribution < 1.29 is 28.6 Å². The SMILES string of the molecule is CCOC(=O)C(=O)C1=C(c2ccccc2)N2C=Cc3ccccc3C2(C)OC1(C#Cc1ccccc1)C(=O)OCC. The molecule has 0 amide bonds. The molecule has 0 saturated heterocycles. The minimum atomic E-state index is -2.29. The first-order chi connectivity index (χ1) is 19.9. The lowest BCUT2D eigenvalue weighted by Crippen LogP contribution is -2.61. The highest BCUT2D eigenvalue weighted by Gasteiger charge is 2.61. The second-order valence-corrected chi connectivity index (χ2v) is 9.51. The van der Waals surface area contributed by atoms with E-state index in [1.54, 1.807) is 49.2 Å². The molecule has 0 aromatic heterocycles. The summed E-state index contributed by atoms with van der Waals surface area (Å²) in [7, 11) is 0. The van der Waals surface area contributed by atoms with Crippen LogP contribution in [0.25, 0.3) is 11.8 Å². The van der Waals surface area contributed by atoms with Crippen molar-refractivity contribution in [1.29, 1.82) is 0 Å². The van der Waals surface area contributed by atoms with E-state index >= 15 is 0 Å². The van der Waals surface area contributed by atoms with Crippen LogP contribution in [0.15, 0.2) is 96.7 Å². The van der Waals surface area contributed by atoms with Crippen molar-refractivity contribution in [2.45, 2.75) is 32.1 Å². The lowest BCUT2D eigenvalue weighted by Gasteiger charge is -2.52. The smallest absolute Gasteiger partial charge is 0.379 e. The van der Waals surface area contributed by atoms with Crippen LogP contribution < -0.4 is 0 Å². The highest BCUT2D eigenvalue weighted by Crippen LogP contribution is 2.51. The summed E-state index contributed by atoms with van der Waals surface area (Å²) in [5.41, 5.74) is -0.822. The predicted molar refractivity (Wildman–Crippen MR) is 153 cm³/mol. The van der Waals surface area contributed by atoms with Gasteiger partial charge in [0.1, 0.15) is 0 Å². The van der Waals surface area contributed by atoms with Crippen LogP contribution in [0.4, 0.5) is 0 Å². The Morgan fingerprint density at radius 2 is 1.49 bits per heavy atom. The van der Waals surface area contributed by atoms with Gasteiger partial charge in [0.15, 0.2) is 5.72 Å². The van der Waals surface area contributed by atoms with Gasteiger partial charge in [-0.25, -0.2) is 9.59 Å². The molecule has 3 aromatic rings. The molecule has 0 bridgehead atoms. The Labute approximate surface area is 239 Å². The predicted octanol–water partition coefficient (Wildman–Crippen LogP) is 5.07. The molecule has 3 aromatic carbocycles. The number of carbonyl (C=O) groups excluding carboxylic acids is 3. The summed E-state index contributed by atoms with van der Waals surface area (Å²) in [4.78, 5) is 43.1. The van der Waals surface area contributed by atoms with E-state index < -0.39 is 29.0 Å². The van der Waals surface area contributed by atoms with Gasteiger partial charge in [-0.15, -0.1) is 0 Å². The molecule has 0 spiro atoms. The Bertz CT molecular complexity index is 1610. The molecule has 7 nitrogen and oxygen atoms in total. The van der Waals surface area contributed by atoms with Crippen molar-refractivity contribution in [1.82, 2.24) is 4.90 Å². The lowest BCUT2D eigenvalue weighted by molar-refractivity contribution is -0.203. The molecule has 0 fully saturated rings. The first kappa shape index (κ1) is 27.6. The second kappa shape index (κ2) is 11.3. The summed E-state index contributed by atoms with van der Waals surface area (Å²) in [5.74, 6) is 2.90. The number of Topliss-reactive ketones (excluding diaryl/α,β-unsaturated/α-hetero) is 1. The molecule has 0 N–H and O–H groups in total. The molecule has 0 aliphatic carbocycles. The van der Waals surface area contributed by atoms with E-state index in [-0.39, 0.29) is 18.8 Å². The molecule has 2 aliphatic heterocycles. The van der Waals surface area contributed by atoms with Crippen LogP contribution in [0.3, 0.4) is 0 Å². The monoisotopic (exact) mass is 547 g/mol. The molecule has 206 valence electrons. The number of hydrogen-bond donors (Lipinski definition) is 0. The molecule has 5 rings (SSSR count). The maximum absolute atomic E-state index is 14.1. The van der Waals surface area contributed by atoms with Gasteiger partial charge in [-0.1, -0.05) is 78.7 Å². The highest BCUT2D eigenvalue weighted by atomic mass is 16.6. The summed E-state index contributed by atoms with van der Waals surface area (Å²) in [6.07, 6.45) is 3.67. The average molecular weight is 548 g/mol. The molecule has 2 atom stereocenters. The third kappa shape index (κ3) is 4.83. The van der Waals surface area contributed by atoms with E-state index in [2.05, 4.69) is 11.8 Å². The Kier molecular flexibility index (Phi) is 7.60. The molecular weight excluding hydrogens is 518 g/mol. The van der Waals surface area contributed by atoms with Gasteiger partial charge in [0, 0.05) is 17.3 Å². The quantitative estimate of drug-likeness (QED) is 0.242. The number of hydrogen-bond acceptors (Lipinski definition) is 7. The number of ketones is 1. The van der Waals surface area contributed by atoms with Crippen LogP contribution >= 0.6 is 0 Å². The van der Waals surface area contributed by atoms with E-state index in [9.17, 15) is 14.4 Å². The van der Waals surface area contributed by atoms with Gasteiger partial charge in [-0.2, -0.15) is 0 Å². The van der Waals surface area contributed by atoms with Crippen molar-refractivity contribution >= 4 is 29.5 Å². The Morgan fingerprint density at radius 1 is 0.854 bits per heavy atom. The van der Waals surface area contributed by atoms with Gasteiger partial charge in [0.05, 0.1) is 24.5 Å². The van der Waals surface area contributed by atoms with Gasteiger partial charge in [0.25, 0.3) is 11.4 Å². The number of rotatable bonds is 6. The van der Waals surface area contributed by atoms with Gasteiger partial charge in [-0.05, 0) is 56.0 Å². The molecule has 7 heteroatoms. The Hall–Kier alpha value is -4.93. The zero-order valence-corrected chi connectivity index (χ0v) is 23.0. The molecule has 2 unspecified atom stereocenters. The summed E-state index contributed by atoms with van der Waals surface area (Å²) in [6.45, 7) is 5.03. The zero-order chi connectivity index (χ0) is 29.0. The fourth-order valence-corrected chi connectivity index (χ4v) is 5.16. The summed E-state index contributed by atoms with van der Waals surface area (Å²) >= 11 is 0. The van der Waals surface area contributed by atoms with Crippen molar-refractivity contribution in [3.8, 4) is 11.8 Å². The first-order valence-electron chi connectivity index (χ1n) is 13.4. The fourth-order valence-electron chi connectivity index (χ4n) is 5.16. The molecule has 0 radical (unpaired) electrons. The topological polar surface area (TPSA) is 82.1 Å². The standard InChI is InChI=1S/C34H29NO6/c1-4-39-31(37)30(36)28-29(26-17-10-7-11-18-26)35-23-21-25-16-12-13-19-27(25)33(35,3)41-34(28,32(38)40-5-2)22-20-24-14-8-6-9-15-24/h6-19,21,23H,4-5H2,1-3H3. The Balaban J connectivity index is 1.92. The number of benzene rings is 3. The minimum Gasteiger partial charge on any atom is -0.463 e. The molecule has 2 heterocycles. The average Bonchev–Trinajstić information content (AvgIpc) is 3.00. The van der Waals surface area contributed by atoms with Crippen LogP contribution in [-0.4, -0.2) is 41.4 Å². The largest absolute Gasteiger partial charge is 0.463 e. The molecule has 0 saturated carbocycles. The summed E-state index contributed by atoms with van der Waals surface area (Å²) in [6, 6.07) is 25.7. The highest BCUT2D eigenvalue weighted by molar-refractivity contribution is 6.43. The summed E-state index contributed by atoms with van der Waals surface area (Å²) in [5, 5.41) is 0. The number of ether oxygens (including phenoxy) is 3. The normalized spacial score (nSPS) is 20.7. The van der Waals surface area contributed by atoms with Crippen molar-refractivity contribution in [3.05, 3.63) is 119 Å². The van der Waals surface area contributed by atoms with Crippen LogP contribution in [-0.2, 0) is 34.3 Å². The Morgan fingerprint density at radius 3 is 2.17 bits per heavy atom. The zero-order valence-electron chi connectivity index (χ0n) is 23.0. The second-order valence-electron chi connectivity index (χ2n) is 9.51. The van der Waals surface area contributed by atoms with Crippen LogP contribution in [0.5, 0.6) is 0 Å². The maximum atomic E-state index is 14.1. The van der Waals surface area contributed by atoms with E-state index in [0.29, 0.717) is 16.8 Å². The van der Waals surface area contributed by atoms with E-state index in [0.717, 1.165) is 11.1 Å². The van der Waals surface area contributed by atoms with Gasteiger partial charge >= 0.3 is 11.9 Å². The fraction of sp³-hybridized carbons (Fsp3) is 0.206. The number of carbonyl (C=O) groups is 3. The maximum Gasteiger partial charge on any atom is 0.379 e. The van der Waals surface area contributed by atoms with Crippen LogP contribution in [0.2, 0.25) is 0 Å². The minimum absolute atomic E-state index is 0.00454. The number of nitrogens with zero attached hydrogens (tertiary/aromatic N) is 1. The van der Waals surface area contributed by atoms with Crippen LogP contribution in [0, 0.1) is 11.8 Å². The van der Waals surface area contributed by atoms with E-state index in [1.807, 2.05) is 73.7 Å². The van der Waals surface area contributed by atoms with E-state index in [4.69, 9.17) is 14.2 Å². The number of fused-ring (bicyclic) bond motifs is 3. The van der Waals surface area contributed by atoms with Crippen LogP contribution in [0.1, 0.15) is 43.0 Å². The van der Waals surface area contributed by atoms with Crippen molar-refractivity contribution in [2.75, 3.05) is 13.2 Å². The first-order valence-corrected chi connectivity index (χ1v) is 13.4. The van der Waals surface area contributed by atoms with Crippen molar-refractivity contribution in [2.24, 2.45) is 0 Å². The summed E-state index contributed by atoms with van der Waals surface area (Å²) < 4.78 is 17.5. The number of esters is 2. The third-order valence-electron chi connectivity index (χ3n) is 6.96. The van der Waals surface area contributed by atoms with Gasteiger partial charge in [0.2, 0.25) is 0 Å². The molecule has 2 aliphatic rings. The molecule has 41 heavy (non-hydrogen) atoms. The molecular formula is C34H29NO6. The van der Waals surface area contributed by atoms with E-state index in [1.165, 1.54) is 0 Å². The van der Waals surface area contributed by atoms with Gasteiger partial charge < -0.3 is 19.1 Å². The van der Waals surface area contributed by atoms with Crippen molar-refractivity contribution in [3.63, 3.8) is 0 Å².